The normalized spacial score (nSPS) is 14.3. The number of methoxy groups -OCH3 is 1. The van der Waals surface area contributed by atoms with Crippen LogP contribution in [-0.2, 0) is 11.4 Å². The Bertz CT molecular complexity index is 994. The van der Waals surface area contributed by atoms with Gasteiger partial charge in [-0.15, -0.1) is 0 Å². The van der Waals surface area contributed by atoms with E-state index in [1.807, 2.05) is 12.1 Å². The summed E-state index contributed by atoms with van der Waals surface area (Å²) in [5.74, 6) is 0.314. The zero-order valence-electron chi connectivity index (χ0n) is 16.6. The first-order valence-electron chi connectivity index (χ1n) is 9.67. The Morgan fingerprint density at radius 3 is 2.77 bits per heavy atom. The fourth-order valence-corrected chi connectivity index (χ4v) is 4.18. The van der Waals surface area contributed by atoms with E-state index < -0.39 is 0 Å². The minimum absolute atomic E-state index is 0.0492. The third-order valence-electron chi connectivity index (χ3n) is 4.89. The van der Waals surface area contributed by atoms with Crippen molar-refractivity contribution in [3.63, 3.8) is 0 Å². The number of hydrogen-bond donors (Lipinski definition) is 1. The number of ether oxygens (including phenoxy) is 2. The Labute approximate surface area is 189 Å². The number of hydrogen-bond acceptors (Lipinski definition) is 4. The largest absolute Gasteiger partial charge is 0.493 e. The molecule has 1 N–H and O–H groups in total. The van der Waals surface area contributed by atoms with Gasteiger partial charge in [0.05, 0.1) is 10.7 Å². The molecule has 1 saturated carbocycles. The van der Waals surface area contributed by atoms with Gasteiger partial charge in [0.15, 0.2) is 11.5 Å². The molecule has 0 unspecified atom stereocenters. The van der Waals surface area contributed by atoms with Gasteiger partial charge in [-0.3, -0.25) is 4.79 Å². The van der Waals surface area contributed by atoms with Crippen LogP contribution in [0, 0.1) is 20.7 Å². The molecule has 1 aliphatic rings. The van der Waals surface area contributed by atoms with Crippen molar-refractivity contribution < 1.29 is 18.7 Å². The van der Waals surface area contributed by atoms with E-state index in [1.54, 1.807) is 24.3 Å². The summed E-state index contributed by atoms with van der Waals surface area (Å²) in [6, 6.07) is 11.9. The standard InChI is InChI=1S/C23H22FIN2O3/c1-29-21-12-16(9-17(13-26)23(28)27-19-7-2-3-8-19)11-20(25)22(21)30-14-15-5-4-6-18(24)10-15/h4-6,9-12,19H,2-3,7-8,14H2,1H3,(H,27,28)/b17-9-. The van der Waals surface area contributed by atoms with Crippen LogP contribution in [0.15, 0.2) is 42.0 Å². The van der Waals surface area contributed by atoms with Gasteiger partial charge in [0.1, 0.15) is 24.1 Å². The molecule has 156 valence electrons. The summed E-state index contributed by atoms with van der Waals surface area (Å²) in [6.07, 6.45) is 5.65. The lowest BCUT2D eigenvalue weighted by Gasteiger charge is -2.14. The highest BCUT2D eigenvalue weighted by atomic mass is 127. The number of nitrogens with one attached hydrogen (secondary N) is 1. The molecule has 0 aromatic heterocycles. The van der Waals surface area contributed by atoms with E-state index in [0.717, 1.165) is 29.3 Å². The lowest BCUT2D eigenvalue weighted by molar-refractivity contribution is -0.117. The fraction of sp³-hybridized carbons (Fsp3) is 0.304. The molecule has 2 aromatic carbocycles. The number of carbonyl (C=O) groups is 1. The zero-order chi connectivity index (χ0) is 21.5. The third kappa shape index (κ3) is 5.72. The van der Waals surface area contributed by atoms with Gasteiger partial charge in [-0.05, 0) is 76.9 Å². The highest BCUT2D eigenvalue weighted by Gasteiger charge is 2.20. The molecule has 30 heavy (non-hydrogen) atoms. The molecule has 3 rings (SSSR count). The van der Waals surface area contributed by atoms with Crippen LogP contribution in [0.1, 0.15) is 36.8 Å². The molecule has 1 amide bonds. The molecular formula is C23H22FIN2O3. The first kappa shape index (κ1) is 22.1. The van der Waals surface area contributed by atoms with Crippen LogP contribution in [-0.4, -0.2) is 19.1 Å². The SMILES string of the molecule is COc1cc(/C=C(/C#N)C(=O)NC2CCCC2)cc(I)c1OCc1cccc(F)c1. The van der Waals surface area contributed by atoms with E-state index in [9.17, 15) is 14.4 Å². The van der Waals surface area contributed by atoms with Gasteiger partial charge in [-0.1, -0.05) is 25.0 Å². The number of carbonyl (C=O) groups excluding carboxylic acids is 1. The molecule has 0 saturated heterocycles. The van der Waals surface area contributed by atoms with E-state index in [2.05, 4.69) is 27.9 Å². The lowest BCUT2D eigenvalue weighted by atomic mass is 10.1. The predicted molar refractivity (Wildman–Crippen MR) is 120 cm³/mol. The molecule has 0 aliphatic heterocycles. The Kier molecular flexibility index (Phi) is 7.69. The maximum Gasteiger partial charge on any atom is 0.262 e. The van der Waals surface area contributed by atoms with Gasteiger partial charge in [0.2, 0.25) is 0 Å². The summed E-state index contributed by atoms with van der Waals surface area (Å²) >= 11 is 2.11. The molecule has 1 fully saturated rings. The first-order chi connectivity index (χ1) is 14.5. The van der Waals surface area contributed by atoms with Crippen molar-refractivity contribution in [3.8, 4) is 17.6 Å². The molecule has 0 bridgehead atoms. The predicted octanol–water partition coefficient (Wildman–Crippen LogP) is 4.98. The van der Waals surface area contributed by atoms with Gasteiger partial charge in [0.25, 0.3) is 5.91 Å². The molecule has 5 nitrogen and oxygen atoms in total. The summed E-state index contributed by atoms with van der Waals surface area (Å²) in [5, 5.41) is 12.4. The van der Waals surface area contributed by atoms with Gasteiger partial charge >= 0.3 is 0 Å². The second-order valence-electron chi connectivity index (χ2n) is 7.08. The highest BCUT2D eigenvalue weighted by molar-refractivity contribution is 14.1. The van der Waals surface area contributed by atoms with E-state index in [0.29, 0.717) is 22.6 Å². The number of amides is 1. The van der Waals surface area contributed by atoms with Gasteiger partial charge in [-0.25, -0.2) is 4.39 Å². The number of rotatable bonds is 7. The summed E-state index contributed by atoms with van der Waals surface area (Å²) in [7, 11) is 1.52. The smallest absolute Gasteiger partial charge is 0.262 e. The fourth-order valence-electron chi connectivity index (χ4n) is 3.39. The molecule has 1 aliphatic carbocycles. The van der Waals surface area contributed by atoms with Crippen molar-refractivity contribution >= 4 is 34.6 Å². The maximum atomic E-state index is 13.4. The third-order valence-corrected chi connectivity index (χ3v) is 5.69. The maximum absolute atomic E-state index is 13.4. The van der Waals surface area contributed by atoms with Gasteiger partial charge in [0, 0.05) is 6.04 Å². The van der Waals surface area contributed by atoms with Crippen LogP contribution in [0.25, 0.3) is 6.08 Å². The second-order valence-corrected chi connectivity index (χ2v) is 8.24. The van der Waals surface area contributed by atoms with E-state index >= 15 is 0 Å². The Morgan fingerprint density at radius 2 is 2.10 bits per heavy atom. The molecule has 0 radical (unpaired) electrons. The molecule has 7 heteroatoms. The van der Waals surface area contributed by atoms with Gasteiger partial charge in [-0.2, -0.15) is 5.26 Å². The Hall–Kier alpha value is -2.60. The van der Waals surface area contributed by atoms with Crippen LogP contribution in [0.2, 0.25) is 0 Å². The molecule has 0 heterocycles. The molecule has 0 spiro atoms. The number of nitrogens with zero attached hydrogens (tertiary/aromatic N) is 1. The summed E-state index contributed by atoms with van der Waals surface area (Å²) in [5.41, 5.74) is 1.41. The van der Waals surface area contributed by atoms with Crippen molar-refractivity contribution in [3.05, 3.63) is 62.5 Å². The lowest BCUT2D eigenvalue weighted by Crippen LogP contribution is -2.33. The van der Waals surface area contributed by atoms with E-state index in [-0.39, 0.29) is 29.9 Å². The molecule has 2 aromatic rings. The van der Waals surface area contributed by atoms with Crippen LogP contribution >= 0.6 is 22.6 Å². The highest BCUT2D eigenvalue weighted by Crippen LogP contribution is 2.35. The topological polar surface area (TPSA) is 71.3 Å². The molecular weight excluding hydrogens is 498 g/mol. The first-order valence-corrected chi connectivity index (χ1v) is 10.8. The van der Waals surface area contributed by atoms with Crippen LogP contribution in [0.3, 0.4) is 0 Å². The number of nitriles is 1. The monoisotopic (exact) mass is 520 g/mol. The minimum Gasteiger partial charge on any atom is -0.493 e. The van der Waals surface area contributed by atoms with E-state index in [4.69, 9.17) is 9.47 Å². The molecule has 0 atom stereocenters. The number of halogens is 2. The average Bonchev–Trinajstić information content (AvgIpc) is 3.23. The van der Waals surface area contributed by atoms with Crippen molar-refractivity contribution in [2.24, 2.45) is 0 Å². The van der Waals surface area contributed by atoms with Crippen molar-refractivity contribution in [1.82, 2.24) is 5.32 Å². The average molecular weight is 520 g/mol. The zero-order valence-corrected chi connectivity index (χ0v) is 18.7. The minimum atomic E-state index is -0.357. The van der Waals surface area contributed by atoms with Crippen LogP contribution < -0.4 is 14.8 Å². The quantitative estimate of drug-likeness (QED) is 0.318. The van der Waals surface area contributed by atoms with Crippen molar-refractivity contribution in [2.75, 3.05) is 7.11 Å². The Morgan fingerprint density at radius 1 is 1.33 bits per heavy atom. The summed E-state index contributed by atoms with van der Waals surface area (Å²) in [6.45, 7) is 0.187. The Balaban J connectivity index is 1.78. The van der Waals surface area contributed by atoms with E-state index in [1.165, 1.54) is 19.2 Å². The van der Waals surface area contributed by atoms with Crippen molar-refractivity contribution in [1.29, 1.82) is 5.26 Å². The number of benzene rings is 2. The van der Waals surface area contributed by atoms with Crippen LogP contribution in [0.4, 0.5) is 4.39 Å². The van der Waals surface area contributed by atoms with Crippen LogP contribution in [0.5, 0.6) is 11.5 Å². The second kappa shape index (κ2) is 10.4. The summed E-state index contributed by atoms with van der Waals surface area (Å²) < 4.78 is 25.4. The summed E-state index contributed by atoms with van der Waals surface area (Å²) in [4.78, 5) is 12.4. The van der Waals surface area contributed by atoms with Crippen molar-refractivity contribution in [2.45, 2.75) is 38.3 Å². The van der Waals surface area contributed by atoms with Gasteiger partial charge < -0.3 is 14.8 Å².